The molecule has 0 aliphatic rings. The minimum absolute atomic E-state index is 0.0233. The molecule has 0 radical (unpaired) electrons. The van der Waals surface area contributed by atoms with E-state index in [-0.39, 0.29) is 11.7 Å². The van der Waals surface area contributed by atoms with E-state index >= 15 is 0 Å². The van der Waals surface area contributed by atoms with Crippen molar-refractivity contribution in [1.82, 2.24) is 9.88 Å². The van der Waals surface area contributed by atoms with Gasteiger partial charge >= 0.3 is 0 Å². The minimum atomic E-state index is -3.53. The van der Waals surface area contributed by atoms with E-state index in [1.807, 2.05) is 49.4 Å². The Kier molecular flexibility index (Phi) is 7.78. The van der Waals surface area contributed by atoms with Crippen molar-refractivity contribution in [3.63, 3.8) is 0 Å². The van der Waals surface area contributed by atoms with Crippen molar-refractivity contribution in [2.45, 2.75) is 32.9 Å². The maximum Gasteiger partial charge on any atom is 0.256 e. The number of amides is 1. The van der Waals surface area contributed by atoms with Crippen molar-refractivity contribution >= 4 is 21.6 Å². The summed E-state index contributed by atoms with van der Waals surface area (Å²) in [5.41, 5.74) is 2.50. The highest BCUT2D eigenvalue weighted by Crippen LogP contribution is 2.22. The average Bonchev–Trinajstić information content (AvgIpc) is 2.78. The van der Waals surface area contributed by atoms with Gasteiger partial charge in [-0.15, -0.1) is 0 Å². The van der Waals surface area contributed by atoms with Crippen LogP contribution in [0.15, 0.2) is 79.1 Å². The molecule has 0 saturated heterocycles. The molecule has 1 aromatic heterocycles. The predicted octanol–water partition coefficient (Wildman–Crippen LogP) is 4.47. The second-order valence-electron chi connectivity index (χ2n) is 7.33. The number of benzene rings is 2. The third-order valence-electron chi connectivity index (χ3n) is 4.79. The molecule has 0 bridgehead atoms. The minimum Gasteiger partial charge on any atom is -0.330 e. The van der Waals surface area contributed by atoms with Gasteiger partial charge in [0.05, 0.1) is 17.0 Å². The highest BCUT2D eigenvalue weighted by atomic mass is 32.2. The van der Waals surface area contributed by atoms with Crippen LogP contribution >= 0.6 is 0 Å². The highest BCUT2D eigenvalue weighted by molar-refractivity contribution is 7.92. The molecule has 162 valence electrons. The van der Waals surface area contributed by atoms with Crippen LogP contribution in [0.2, 0.25) is 0 Å². The van der Waals surface area contributed by atoms with E-state index < -0.39 is 10.0 Å². The van der Waals surface area contributed by atoms with Gasteiger partial charge in [0.25, 0.3) is 5.91 Å². The normalized spacial score (nSPS) is 11.1. The third-order valence-corrected chi connectivity index (χ3v) is 6.15. The molecule has 0 aliphatic carbocycles. The van der Waals surface area contributed by atoms with Crippen LogP contribution in [0.3, 0.4) is 0 Å². The monoisotopic (exact) mass is 437 g/mol. The quantitative estimate of drug-likeness (QED) is 0.508. The first kappa shape index (κ1) is 22.5. The van der Waals surface area contributed by atoms with Gasteiger partial charge in [-0.3, -0.25) is 14.5 Å². The van der Waals surface area contributed by atoms with Crippen LogP contribution in [-0.4, -0.2) is 30.0 Å². The SMILES string of the molecule is CCCCS(=O)(=O)Nc1ccccc1C(=O)N(Cc1ccccc1)Cc1cccnc1. The van der Waals surface area contributed by atoms with Crippen LogP contribution in [0.5, 0.6) is 0 Å². The van der Waals surface area contributed by atoms with E-state index in [9.17, 15) is 13.2 Å². The fourth-order valence-electron chi connectivity index (χ4n) is 3.20. The summed E-state index contributed by atoms with van der Waals surface area (Å²) < 4.78 is 27.5. The third kappa shape index (κ3) is 6.65. The van der Waals surface area contributed by atoms with Crippen molar-refractivity contribution in [2.24, 2.45) is 0 Å². The summed E-state index contributed by atoms with van der Waals surface area (Å²) in [5.74, 6) is -0.225. The predicted molar refractivity (Wildman–Crippen MR) is 123 cm³/mol. The van der Waals surface area contributed by atoms with Gasteiger partial charge in [0.15, 0.2) is 0 Å². The summed E-state index contributed by atoms with van der Waals surface area (Å²) in [7, 11) is -3.53. The largest absolute Gasteiger partial charge is 0.330 e. The van der Waals surface area contributed by atoms with Gasteiger partial charge < -0.3 is 4.90 Å². The summed E-state index contributed by atoms with van der Waals surface area (Å²) in [4.78, 5) is 19.4. The number of hydrogen-bond donors (Lipinski definition) is 1. The topological polar surface area (TPSA) is 79.4 Å². The molecule has 0 fully saturated rings. The number of carbonyl (C=O) groups is 1. The van der Waals surface area contributed by atoms with Crippen LogP contribution in [0.25, 0.3) is 0 Å². The number of unbranched alkanes of at least 4 members (excludes halogenated alkanes) is 1. The van der Waals surface area contributed by atoms with Crippen molar-refractivity contribution in [3.05, 3.63) is 95.8 Å². The molecule has 1 amide bonds. The van der Waals surface area contributed by atoms with Gasteiger partial charge in [0.1, 0.15) is 0 Å². The van der Waals surface area contributed by atoms with Crippen molar-refractivity contribution in [2.75, 3.05) is 10.5 Å². The van der Waals surface area contributed by atoms with E-state index in [1.165, 1.54) is 0 Å². The Morgan fingerprint density at radius 2 is 1.61 bits per heavy atom. The van der Waals surface area contributed by atoms with E-state index in [1.54, 1.807) is 41.6 Å². The second-order valence-corrected chi connectivity index (χ2v) is 9.17. The lowest BCUT2D eigenvalue weighted by Crippen LogP contribution is -2.31. The van der Waals surface area contributed by atoms with Crippen LogP contribution in [0.4, 0.5) is 5.69 Å². The van der Waals surface area contributed by atoms with Crippen molar-refractivity contribution in [3.8, 4) is 0 Å². The number of nitrogens with one attached hydrogen (secondary N) is 1. The lowest BCUT2D eigenvalue weighted by Gasteiger charge is -2.24. The van der Waals surface area contributed by atoms with Crippen molar-refractivity contribution < 1.29 is 13.2 Å². The Bertz CT molecular complexity index is 1050. The number of nitrogens with zero attached hydrogens (tertiary/aromatic N) is 2. The first-order valence-corrected chi connectivity index (χ1v) is 12.0. The zero-order valence-electron chi connectivity index (χ0n) is 17.6. The van der Waals surface area contributed by atoms with Crippen LogP contribution in [0.1, 0.15) is 41.3 Å². The zero-order valence-corrected chi connectivity index (χ0v) is 18.4. The number of aromatic nitrogens is 1. The first-order valence-electron chi connectivity index (χ1n) is 10.3. The van der Waals surface area contributed by atoms with E-state index in [0.717, 1.165) is 17.5 Å². The molecule has 3 aromatic rings. The van der Waals surface area contributed by atoms with Crippen LogP contribution in [-0.2, 0) is 23.1 Å². The molecule has 6 nitrogen and oxygen atoms in total. The Hall–Kier alpha value is -3.19. The molecular weight excluding hydrogens is 410 g/mol. The molecule has 2 aromatic carbocycles. The van der Waals surface area contributed by atoms with Gasteiger partial charge in [0.2, 0.25) is 10.0 Å². The van der Waals surface area contributed by atoms with E-state index in [4.69, 9.17) is 0 Å². The molecule has 0 aliphatic heterocycles. The number of pyridine rings is 1. The van der Waals surface area contributed by atoms with E-state index in [0.29, 0.717) is 30.8 Å². The molecular formula is C24H27N3O3S. The Morgan fingerprint density at radius 3 is 2.32 bits per heavy atom. The van der Waals surface area contributed by atoms with Gasteiger partial charge in [-0.2, -0.15) is 0 Å². The fourth-order valence-corrected chi connectivity index (χ4v) is 4.48. The number of carbonyl (C=O) groups excluding carboxylic acids is 1. The summed E-state index contributed by atoms with van der Waals surface area (Å²) in [6.45, 7) is 2.69. The molecule has 0 atom stereocenters. The Labute approximate surface area is 184 Å². The molecule has 0 spiro atoms. The summed E-state index contributed by atoms with van der Waals surface area (Å²) >= 11 is 0. The maximum atomic E-state index is 13.5. The first-order chi connectivity index (χ1) is 15.0. The van der Waals surface area contributed by atoms with Gasteiger partial charge in [-0.25, -0.2) is 8.42 Å². The average molecular weight is 438 g/mol. The smallest absolute Gasteiger partial charge is 0.256 e. The number of sulfonamides is 1. The number of hydrogen-bond acceptors (Lipinski definition) is 4. The summed E-state index contributed by atoms with van der Waals surface area (Å²) in [5, 5.41) is 0. The number of anilines is 1. The van der Waals surface area contributed by atoms with Crippen molar-refractivity contribution in [1.29, 1.82) is 0 Å². The summed E-state index contributed by atoms with van der Waals surface area (Å²) in [6.07, 6.45) is 4.75. The number of para-hydroxylation sites is 1. The van der Waals surface area contributed by atoms with Crippen LogP contribution < -0.4 is 4.72 Å². The molecule has 31 heavy (non-hydrogen) atoms. The van der Waals surface area contributed by atoms with Gasteiger partial charge in [0, 0.05) is 25.5 Å². The Morgan fingerprint density at radius 1 is 0.935 bits per heavy atom. The standard InChI is InChI=1S/C24H27N3O3S/c1-2-3-16-31(29,30)26-23-14-8-7-13-22(23)24(28)27(18-20-10-5-4-6-11-20)19-21-12-9-15-25-17-21/h4-15,17,26H,2-3,16,18-19H2,1H3. The summed E-state index contributed by atoms with van der Waals surface area (Å²) in [6, 6.07) is 20.2. The number of rotatable bonds is 10. The highest BCUT2D eigenvalue weighted by Gasteiger charge is 2.22. The molecule has 7 heteroatoms. The zero-order chi connectivity index (χ0) is 22.1. The Balaban J connectivity index is 1.90. The van der Waals surface area contributed by atoms with Crippen LogP contribution in [0, 0.1) is 0 Å². The maximum absolute atomic E-state index is 13.5. The molecule has 0 saturated carbocycles. The lowest BCUT2D eigenvalue weighted by atomic mass is 10.1. The second kappa shape index (κ2) is 10.7. The van der Waals surface area contributed by atoms with Gasteiger partial charge in [-0.05, 0) is 35.7 Å². The molecule has 3 rings (SSSR count). The van der Waals surface area contributed by atoms with E-state index in [2.05, 4.69) is 9.71 Å². The molecule has 1 heterocycles. The van der Waals surface area contributed by atoms with Gasteiger partial charge in [-0.1, -0.05) is 61.9 Å². The fraction of sp³-hybridized carbons (Fsp3) is 0.250. The molecule has 1 N–H and O–H groups in total. The molecule has 0 unspecified atom stereocenters. The lowest BCUT2D eigenvalue weighted by molar-refractivity contribution is 0.0731.